The molecule has 26 heavy (non-hydrogen) atoms. The zero-order valence-electron chi connectivity index (χ0n) is 13.2. The number of nitrogens with zero attached hydrogens (tertiary/aromatic N) is 2. The minimum Gasteiger partial charge on any atom is -0.480 e. The van der Waals surface area contributed by atoms with Gasteiger partial charge < -0.3 is 10.2 Å². The summed E-state index contributed by atoms with van der Waals surface area (Å²) in [5, 5.41) is 19.4. The van der Waals surface area contributed by atoms with E-state index < -0.39 is 17.9 Å². The summed E-state index contributed by atoms with van der Waals surface area (Å²) >= 11 is 12.4. The van der Waals surface area contributed by atoms with Gasteiger partial charge in [-0.15, -0.1) is 0 Å². The Morgan fingerprint density at radius 1 is 1.00 bits per heavy atom. The Balaban J connectivity index is 2.21. The maximum absolute atomic E-state index is 11.4. The molecule has 1 aliphatic heterocycles. The molecule has 0 amide bonds. The van der Waals surface area contributed by atoms with Crippen LogP contribution < -0.4 is 0 Å². The fourth-order valence-electron chi connectivity index (χ4n) is 2.66. The van der Waals surface area contributed by atoms with Gasteiger partial charge in [-0.25, -0.2) is 0 Å². The molecule has 2 aromatic carbocycles. The van der Waals surface area contributed by atoms with Crippen LogP contribution in [0.5, 0.6) is 0 Å². The van der Waals surface area contributed by atoms with Crippen LogP contribution in [0.1, 0.15) is 11.1 Å². The molecule has 2 aromatic rings. The molecule has 0 saturated heterocycles. The molecule has 0 aliphatic carbocycles. The average Bonchev–Trinajstić information content (AvgIpc) is 2.74. The Bertz CT molecular complexity index is 955. The summed E-state index contributed by atoms with van der Waals surface area (Å²) < 4.78 is 0. The van der Waals surface area contributed by atoms with Gasteiger partial charge in [0.1, 0.15) is 0 Å². The molecule has 1 heterocycles. The summed E-state index contributed by atoms with van der Waals surface area (Å²) in [6, 6.07) is 11.9. The van der Waals surface area contributed by atoms with Crippen LogP contribution in [0, 0.1) is 5.92 Å². The Hall–Kier alpha value is -2.70. The third kappa shape index (κ3) is 3.47. The monoisotopic (exact) mass is 390 g/mol. The topological polar surface area (TPSA) is 99.3 Å². The molecule has 0 fully saturated rings. The molecule has 0 bridgehead atoms. The van der Waals surface area contributed by atoms with Crippen molar-refractivity contribution in [2.45, 2.75) is 0 Å². The summed E-state index contributed by atoms with van der Waals surface area (Å²) in [4.78, 5) is 31.4. The smallest absolute Gasteiger partial charge is 0.323 e. The molecule has 2 N–H and O–H groups in total. The van der Waals surface area contributed by atoms with E-state index in [0.717, 1.165) is 0 Å². The molecular weight excluding hydrogens is 379 g/mol. The van der Waals surface area contributed by atoms with Crippen molar-refractivity contribution in [2.24, 2.45) is 15.9 Å². The third-order valence-electron chi connectivity index (χ3n) is 3.83. The number of hydrogen-bond donors (Lipinski definition) is 2. The first kappa shape index (κ1) is 18.1. The summed E-state index contributed by atoms with van der Waals surface area (Å²) in [5.74, 6) is -4.78. The summed E-state index contributed by atoms with van der Waals surface area (Å²) in [5.41, 5.74) is 1.96. The number of carboxylic acids is 2. The first-order valence-corrected chi connectivity index (χ1v) is 8.26. The van der Waals surface area contributed by atoms with E-state index in [0.29, 0.717) is 32.6 Å². The number of carboxylic acid groups (broad SMARTS) is 2. The van der Waals surface area contributed by atoms with Crippen molar-refractivity contribution in [1.29, 1.82) is 0 Å². The van der Waals surface area contributed by atoms with Gasteiger partial charge in [-0.1, -0.05) is 41.4 Å². The van der Waals surface area contributed by atoms with Gasteiger partial charge in [0.15, 0.2) is 5.92 Å². The molecule has 0 unspecified atom stereocenters. The molecule has 0 atom stereocenters. The van der Waals surface area contributed by atoms with Crippen LogP contribution in [-0.2, 0) is 9.59 Å². The number of benzene rings is 2. The second-order valence-electron chi connectivity index (χ2n) is 5.52. The van der Waals surface area contributed by atoms with Crippen LogP contribution in [0.25, 0.3) is 0 Å². The molecule has 8 heteroatoms. The van der Waals surface area contributed by atoms with E-state index in [1.54, 1.807) is 42.5 Å². The van der Waals surface area contributed by atoms with Crippen LogP contribution in [0.2, 0.25) is 10.0 Å². The largest absolute Gasteiger partial charge is 0.480 e. The van der Waals surface area contributed by atoms with Crippen LogP contribution in [0.15, 0.2) is 52.4 Å². The van der Waals surface area contributed by atoms with Crippen LogP contribution >= 0.6 is 23.2 Å². The third-order valence-corrected chi connectivity index (χ3v) is 4.40. The van der Waals surface area contributed by atoms with Crippen molar-refractivity contribution in [1.82, 2.24) is 0 Å². The summed E-state index contributed by atoms with van der Waals surface area (Å²) in [6.45, 7) is -0.184. The van der Waals surface area contributed by atoms with Gasteiger partial charge >= 0.3 is 11.9 Å². The second kappa shape index (κ2) is 7.27. The van der Waals surface area contributed by atoms with Crippen LogP contribution in [-0.4, -0.2) is 40.1 Å². The van der Waals surface area contributed by atoms with Gasteiger partial charge in [-0.2, -0.15) is 0 Å². The Labute approximate surface area is 158 Å². The van der Waals surface area contributed by atoms with Gasteiger partial charge in [0, 0.05) is 21.2 Å². The van der Waals surface area contributed by atoms with E-state index in [9.17, 15) is 19.8 Å². The number of rotatable bonds is 4. The number of fused-ring (bicyclic) bond motifs is 1. The minimum absolute atomic E-state index is 0.0735. The lowest BCUT2D eigenvalue weighted by molar-refractivity contribution is -0.150. The first-order chi connectivity index (χ1) is 12.4. The fraction of sp³-hybridized carbons (Fsp3) is 0.111. The second-order valence-corrected chi connectivity index (χ2v) is 6.36. The molecule has 0 radical (unpaired) electrons. The van der Waals surface area contributed by atoms with Crippen molar-refractivity contribution in [3.63, 3.8) is 0 Å². The highest BCUT2D eigenvalue weighted by Gasteiger charge is 2.33. The SMILES string of the molecule is O=C(O)C(C(=O)O)C1=Nc2ccc(Cl)cc2C(c2ccccc2Cl)=NC1. The van der Waals surface area contributed by atoms with Crippen LogP contribution in [0.3, 0.4) is 0 Å². The lowest BCUT2D eigenvalue weighted by Gasteiger charge is -2.10. The standard InChI is InChI=1S/C18H12Cl2N2O4/c19-9-5-6-13-11(7-9)16(10-3-1-2-4-12(10)20)21-8-14(22-13)15(17(23)24)18(25)26/h1-7,15H,8H2,(H,23,24)(H,25,26). The van der Waals surface area contributed by atoms with Gasteiger partial charge in [-0.3, -0.25) is 19.6 Å². The number of aliphatic imine (C=N–C) groups is 2. The molecule has 132 valence electrons. The zero-order chi connectivity index (χ0) is 18.8. The van der Waals surface area contributed by atoms with E-state index in [1.165, 1.54) is 0 Å². The van der Waals surface area contributed by atoms with Gasteiger partial charge in [0.2, 0.25) is 0 Å². The van der Waals surface area contributed by atoms with E-state index in [4.69, 9.17) is 23.2 Å². The summed E-state index contributed by atoms with van der Waals surface area (Å²) in [7, 11) is 0. The maximum Gasteiger partial charge on any atom is 0.323 e. The predicted octanol–water partition coefficient (Wildman–Crippen LogP) is 3.70. The van der Waals surface area contributed by atoms with Crippen molar-refractivity contribution < 1.29 is 19.8 Å². The molecule has 3 rings (SSSR count). The lowest BCUT2D eigenvalue weighted by atomic mass is 10.0. The van der Waals surface area contributed by atoms with E-state index in [1.807, 2.05) is 0 Å². The number of halogens is 2. The minimum atomic E-state index is -1.78. The molecule has 6 nitrogen and oxygen atoms in total. The van der Waals surface area contributed by atoms with Crippen LogP contribution in [0.4, 0.5) is 5.69 Å². The molecule has 1 aliphatic rings. The zero-order valence-corrected chi connectivity index (χ0v) is 14.7. The Morgan fingerprint density at radius 3 is 2.35 bits per heavy atom. The van der Waals surface area contributed by atoms with E-state index in [2.05, 4.69) is 9.98 Å². The highest BCUT2D eigenvalue weighted by atomic mass is 35.5. The normalized spacial score (nSPS) is 13.5. The number of carbonyl (C=O) groups is 2. The number of aliphatic carboxylic acids is 2. The maximum atomic E-state index is 11.4. The van der Waals surface area contributed by atoms with Crippen molar-refractivity contribution in [2.75, 3.05) is 6.54 Å². The fourth-order valence-corrected chi connectivity index (χ4v) is 3.06. The Kier molecular flexibility index (Phi) is 5.06. The molecule has 0 aromatic heterocycles. The highest BCUT2D eigenvalue weighted by molar-refractivity contribution is 6.36. The quantitative estimate of drug-likeness (QED) is 0.777. The van der Waals surface area contributed by atoms with Gasteiger partial charge in [-0.05, 0) is 24.3 Å². The number of hydrogen-bond acceptors (Lipinski definition) is 4. The molecule has 0 spiro atoms. The van der Waals surface area contributed by atoms with E-state index >= 15 is 0 Å². The predicted molar refractivity (Wildman–Crippen MR) is 99.3 cm³/mol. The van der Waals surface area contributed by atoms with Crippen molar-refractivity contribution in [3.05, 3.63) is 63.6 Å². The van der Waals surface area contributed by atoms with Gasteiger partial charge in [0.25, 0.3) is 0 Å². The Morgan fingerprint density at radius 2 is 1.69 bits per heavy atom. The average molecular weight is 391 g/mol. The molecule has 0 saturated carbocycles. The van der Waals surface area contributed by atoms with E-state index in [-0.39, 0.29) is 12.3 Å². The first-order valence-electron chi connectivity index (χ1n) is 7.51. The van der Waals surface area contributed by atoms with Crippen molar-refractivity contribution in [3.8, 4) is 0 Å². The highest BCUT2D eigenvalue weighted by Crippen LogP contribution is 2.31. The lowest BCUT2D eigenvalue weighted by Crippen LogP contribution is -2.33. The van der Waals surface area contributed by atoms with Gasteiger partial charge in [0.05, 0.1) is 23.7 Å². The summed E-state index contributed by atoms with van der Waals surface area (Å²) in [6.07, 6.45) is 0. The molecular formula is C18H12Cl2N2O4. The van der Waals surface area contributed by atoms with Crippen molar-refractivity contribution >= 4 is 52.3 Å².